The lowest BCUT2D eigenvalue weighted by molar-refractivity contribution is 0.0986. The molecule has 0 fully saturated rings. The maximum absolute atomic E-state index is 13.6. The van der Waals surface area contributed by atoms with Crippen molar-refractivity contribution in [3.8, 4) is 0 Å². The number of para-hydroxylation sites is 1. The van der Waals surface area contributed by atoms with Crippen LogP contribution >= 0.6 is 24.8 Å². The van der Waals surface area contributed by atoms with Crippen molar-refractivity contribution in [2.75, 3.05) is 18.0 Å². The molecule has 0 bridgehead atoms. The number of benzene rings is 3. The number of carbonyl (C=O) groups is 1. The molecule has 0 unspecified atom stereocenters. The third-order valence-electron chi connectivity index (χ3n) is 5.53. The van der Waals surface area contributed by atoms with E-state index < -0.39 is 0 Å². The minimum absolute atomic E-state index is 0. The molecular weight excluding hydrogens is 431 g/mol. The average molecular weight is 455 g/mol. The minimum atomic E-state index is 0. The van der Waals surface area contributed by atoms with Gasteiger partial charge in [0.25, 0.3) is 5.91 Å². The van der Waals surface area contributed by atoms with E-state index in [1.807, 2.05) is 53.6 Å². The number of H-pyrrole nitrogens is 1. The number of aromatic nitrogens is 2. The van der Waals surface area contributed by atoms with Gasteiger partial charge in [0.05, 0.1) is 6.33 Å². The summed E-state index contributed by atoms with van der Waals surface area (Å²) in [4.78, 5) is 25.2. The third kappa shape index (κ3) is 4.59. The van der Waals surface area contributed by atoms with Crippen molar-refractivity contribution in [2.45, 2.75) is 13.1 Å². The molecule has 2 heterocycles. The summed E-state index contributed by atoms with van der Waals surface area (Å²) >= 11 is 0. The molecule has 1 amide bonds. The van der Waals surface area contributed by atoms with Gasteiger partial charge in [0.15, 0.2) is 0 Å². The molecule has 0 atom stereocenters. The molecule has 1 aliphatic heterocycles. The van der Waals surface area contributed by atoms with Crippen LogP contribution in [0, 0.1) is 0 Å². The van der Waals surface area contributed by atoms with Crippen LogP contribution in [0.25, 0.3) is 10.8 Å². The number of fused-ring (bicyclic) bond motifs is 2. The molecule has 0 saturated heterocycles. The Morgan fingerprint density at radius 2 is 1.71 bits per heavy atom. The summed E-state index contributed by atoms with van der Waals surface area (Å²) in [5.74, 6) is 0.0534. The standard InChI is InChI=1S/C24H22N4O.2ClH/c29-24(22-10-5-8-18-6-1-3-9-21(18)22)28-13-12-27(16-20-14-25-17-26-20)15-19-7-2-4-11-23(19)28;;/h1-11,14,17H,12-13,15-16H2,(H,25,26);2*1H. The molecule has 0 aliphatic carbocycles. The summed E-state index contributed by atoms with van der Waals surface area (Å²) in [5, 5.41) is 2.08. The molecule has 7 heteroatoms. The fourth-order valence-electron chi connectivity index (χ4n) is 4.10. The van der Waals surface area contributed by atoms with Crippen LogP contribution in [0.1, 0.15) is 21.6 Å². The SMILES string of the molecule is Cl.Cl.O=C(c1cccc2ccccc12)N1CCN(Cc2cnc[nH]2)Cc2ccccc21. The number of halogens is 2. The van der Waals surface area contributed by atoms with Gasteiger partial charge in [0.2, 0.25) is 0 Å². The van der Waals surface area contributed by atoms with Crippen LogP contribution < -0.4 is 4.90 Å². The summed E-state index contributed by atoms with van der Waals surface area (Å²) in [5.41, 5.74) is 3.99. The average Bonchev–Trinajstić information content (AvgIpc) is 3.20. The van der Waals surface area contributed by atoms with Gasteiger partial charge in [-0.1, -0.05) is 54.6 Å². The predicted octanol–water partition coefficient (Wildman–Crippen LogP) is 5.07. The minimum Gasteiger partial charge on any atom is -0.347 e. The highest BCUT2D eigenvalue weighted by atomic mass is 35.5. The number of nitrogens with zero attached hydrogens (tertiary/aromatic N) is 3. The van der Waals surface area contributed by atoms with E-state index in [0.717, 1.165) is 52.9 Å². The van der Waals surface area contributed by atoms with Crippen molar-refractivity contribution in [3.63, 3.8) is 0 Å². The highest BCUT2D eigenvalue weighted by Gasteiger charge is 2.26. The molecule has 1 aromatic heterocycles. The number of carbonyl (C=O) groups excluding carboxylic acids is 1. The summed E-state index contributed by atoms with van der Waals surface area (Å²) < 4.78 is 0. The Labute approximate surface area is 193 Å². The molecule has 1 N–H and O–H groups in total. The van der Waals surface area contributed by atoms with Crippen molar-refractivity contribution in [2.24, 2.45) is 0 Å². The van der Waals surface area contributed by atoms with Gasteiger partial charge in [-0.15, -0.1) is 24.8 Å². The topological polar surface area (TPSA) is 52.2 Å². The molecule has 0 radical (unpaired) electrons. The summed E-state index contributed by atoms with van der Waals surface area (Å²) in [7, 11) is 0. The molecule has 5 nitrogen and oxygen atoms in total. The van der Waals surface area contributed by atoms with Crippen LogP contribution in [0.15, 0.2) is 79.3 Å². The van der Waals surface area contributed by atoms with E-state index in [1.54, 1.807) is 6.33 Å². The van der Waals surface area contributed by atoms with Crippen LogP contribution in [0.3, 0.4) is 0 Å². The molecule has 160 valence electrons. The lowest BCUT2D eigenvalue weighted by Gasteiger charge is -2.23. The zero-order valence-electron chi connectivity index (χ0n) is 16.9. The Kier molecular flexibility index (Phi) is 7.33. The van der Waals surface area contributed by atoms with E-state index in [0.29, 0.717) is 6.54 Å². The number of hydrogen-bond acceptors (Lipinski definition) is 3. The highest BCUT2D eigenvalue weighted by Crippen LogP contribution is 2.29. The molecule has 1 aliphatic rings. The van der Waals surface area contributed by atoms with Crippen molar-refractivity contribution in [1.82, 2.24) is 14.9 Å². The molecule has 3 aromatic carbocycles. The van der Waals surface area contributed by atoms with Crippen LogP contribution in [0.5, 0.6) is 0 Å². The molecule has 31 heavy (non-hydrogen) atoms. The zero-order valence-corrected chi connectivity index (χ0v) is 18.5. The second-order valence-electron chi connectivity index (χ2n) is 7.40. The van der Waals surface area contributed by atoms with Gasteiger partial charge in [0, 0.05) is 49.3 Å². The first-order valence-electron chi connectivity index (χ1n) is 9.87. The van der Waals surface area contributed by atoms with Gasteiger partial charge >= 0.3 is 0 Å². The maximum atomic E-state index is 13.6. The van der Waals surface area contributed by atoms with Crippen LogP contribution in [-0.4, -0.2) is 33.9 Å². The molecule has 0 spiro atoms. The fraction of sp³-hybridized carbons (Fsp3) is 0.167. The van der Waals surface area contributed by atoms with Crippen LogP contribution in [0.4, 0.5) is 5.69 Å². The van der Waals surface area contributed by atoms with E-state index in [4.69, 9.17) is 0 Å². The number of amides is 1. The Morgan fingerprint density at radius 3 is 2.55 bits per heavy atom. The largest absolute Gasteiger partial charge is 0.347 e. The van der Waals surface area contributed by atoms with Gasteiger partial charge in [-0.05, 0) is 28.5 Å². The Balaban J connectivity index is 0.00000136. The van der Waals surface area contributed by atoms with Crippen LogP contribution in [0.2, 0.25) is 0 Å². The van der Waals surface area contributed by atoms with Gasteiger partial charge in [0.1, 0.15) is 0 Å². The Hall–Kier alpha value is -2.86. The molecular formula is C24H24Cl2N4O. The van der Waals surface area contributed by atoms with Gasteiger partial charge in [-0.3, -0.25) is 9.69 Å². The van der Waals surface area contributed by atoms with E-state index >= 15 is 0 Å². The number of hydrogen-bond donors (Lipinski definition) is 1. The quantitative estimate of drug-likeness (QED) is 0.470. The van der Waals surface area contributed by atoms with Gasteiger partial charge < -0.3 is 9.88 Å². The van der Waals surface area contributed by atoms with Gasteiger partial charge in [-0.25, -0.2) is 4.98 Å². The van der Waals surface area contributed by atoms with E-state index in [-0.39, 0.29) is 30.7 Å². The molecule has 5 rings (SSSR count). The van der Waals surface area contributed by atoms with Crippen molar-refractivity contribution in [3.05, 3.63) is 96.1 Å². The number of anilines is 1. The second-order valence-corrected chi connectivity index (χ2v) is 7.40. The van der Waals surface area contributed by atoms with Crippen molar-refractivity contribution < 1.29 is 4.79 Å². The molecule has 4 aromatic rings. The lowest BCUT2D eigenvalue weighted by Crippen LogP contribution is -2.36. The van der Waals surface area contributed by atoms with E-state index in [2.05, 4.69) is 39.1 Å². The normalized spacial score (nSPS) is 13.6. The number of rotatable bonds is 3. The first-order valence-corrected chi connectivity index (χ1v) is 9.87. The Bertz CT molecular complexity index is 1160. The third-order valence-corrected chi connectivity index (χ3v) is 5.53. The second kappa shape index (κ2) is 9.96. The first kappa shape index (κ1) is 22.8. The van der Waals surface area contributed by atoms with Gasteiger partial charge in [-0.2, -0.15) is 0 Å². The predicted molar refractivity (Wildman–Crippen MR) is 129 cm³/mol. The smallest absolute Gasteiger partial charge is 0.258 e. The highest BCUT2D eigenvalue weighted by molar-refractivity contribution is 6.14. The van der Waals surface area contributed by atoms with E-state index in [1.165, 1.54) is 0 Å². The molecule has 0 saturated carbocycles. The number of nitrogens with one attached hydrogen (secondary N) is 1. The summed E-state index contributed by atoms with van der Waals surface area (Å²) in [6.07, 6.45) is 3.56. The van der Waals surface area contributed by atoms with E-state index in [9.17, 15) is 4.79 Å². The van der Waals surface area contributed by atoms with Crippen molar-refractivity contribution >= 4 is 47.2 Å². The summed E-state index contributed by atoms with van der Waals surface area (Å²) in [6.45, 7) is 3.02. The zero-order chi connectivity index (χ0) is 19.6. The maximum Gasteiger partial charge on any atom is 0.258 e. The monoisotopic (exact) mass is 454 g/mol. The Morgan fingerprint density at radius 1 is 0.935 bits per heavy atom. The van der Waals surface area contributed by atoms with Crippen molar-refractivity contribution in [1.29, 1.82) is 0 Å². The van der Waals surface area contributed by atoms with Crippen LogP contribution in [-0.2, 0) is 13.1 Å². The first-order chi connectivity index (χ1) is 14.3. The number of aromatic amines is 1. The fourth-order valence-corrected chi connectivity index (χ4v) is 4.10. The lowest BCUT2D eigenvalue weighted by atomic mass is 10.0. The summed E-state index contributed by atoms with van der Waals surface area (Å²) in [6, 6.07) is 22.2. The number of imidazole rings is 1.